The van der Waals surface area contributed by atoms with Crippen LogP contribution < -0.4 is 5.32 Å². The predicted molar refractivity (Wildman–Crippen MR) is 81.9 cm³/mol. The van der Waals surface area contributed by atoms with Crippen molar-refractivity contribution in [3.05, 3.63) is 59.2 Å². The van der Waals surface area contributed by atoms with Gasteiger partial charge in [-0.3, -0.25) is 0 Å². The zero-order valence-corrected chi connectivity index (χ0v) is 12.4. The van der Waals surface area contributed by atoms with Crippen molar-refractivity contribution in [3.8, 4) is 11.1 Å². The van der Waals surface area contributed by atoms with Crippen molar-refractivity contribution >= 4 is 0 Å². The van der Waals surface area contributed by atoms with Crippen molar-refractivity contribution < 1.29 is 13.2 Å². The minimum Gasteiger partial charge on any atom is -0.316 e. The molecule has 1 aliphatic rings. The summed E-state index contributed by atoms with van der Waals surface area (Å²) >= 11 is 0. The van der Waals surface area contributed by atoms with E-state index in [1.54, 1.807) is 6.07 Å². The van der Waals surface area contributed by atoms with Crippen LogP contribution in [0.15, 0.2) is 42.5 Å². The normalized spacial score (nSPS) is 18.6. The van der Waals surface area contributed by atoms with Crippen LogP contribution in [0.1, 0.15) is 29.5 Å². The first kappa shape index (κ1) is 15.1. The van der Waals surface area contributed by atoms with Gasteiger partial charge in [0.2, 0.25) is 0 Å². The van der Waals surface area contributed by atoms with Crippen LogP contribution >= 0.6 is 0 Å². The Bertz CT molecular complexity index is 676. The van der Waals surface area contributed by atoms with Gasteiger partial charge < -0.3 is 5.32 Å². The molecule has 0 radical (unpaired) electrons. The van der Waals surface area contributed by atoms with Gasteiger partial charge in [0.25, 0.3) is 0 Å². The van der Waals surface area contributed by atoms with E-state index in [2.05, 4.69) is 18.3 Å². The van der Waals surface area contributed by atoms with E-state index in [0.717, 1.165) is 31.1 Å². The fourth-order valence-corrected chi connectivity index (χ4v) is 3.01. The SMILES string of the molecule is C[C@H]1CNCCc2cc(-c3cccc(C(F)(F)F)c3)ccc21. The molecule has 1 N–H and O–H groups in total. The second kappa shape index (κ2) is 5.76. The third-order valence-corrected chi connectivity index (χ3v) is 4.22. The molecule has 0 saturated heterocycles. The molecule has 0 bridgehead atoms. The van der Waals surface area contributed by atoms with E-state index in [4.69, 9.17) is 0 Å². The van der Waals surface area contributed by atoms with Gasteiger partial charge in [0.1, 0.15) is 0 Å². The highest BCUT2D eigenvalue weighted by molar-refractivity contribution is 5.66. The number of halogens is 3. The molecule has 0 fully saturated rings. The smallest absolute Gasteiger partial charge is 0.316 e. The summed E-state index contributed by atoms with van der Waals surface area (Å²) in [6, 6.07) is 11.6. The van der Waals surface area contributed by atoms with Gasteiger partial charge in [-0.2, -0.15) is 13.2 Å². The minimum atomic E-state index is -4.31. The molecule has 1 nitrogen and oxygen atoms in total. The monoisotopic (exact) mass is 305 g/mol. The Labute approximate surface area is 128 Å². The third kappa shape index (κ3) is 3.02. The zero-order chi connectivity index (χ0) is 15.7. The molecular formula is C18H18F3N. The number of rotatable bonds is 1. The Morgan fingerprint density at radius 1 is 1.05 bits per heavy atom. The van der Waals surface area contributed by atoms with Gasteiger partial charge in [-0.15, -0.1) is 0 Å². The van der Waals surface area contributed by atoms with Crippen LogP contribution in [0.2, 0.25) is 0 Å². The first-order valence-corrected chi connectivity index (χ1v) is 7.46. The van der Waals surface area contributed by atoms with Crippen molar-refractivity contribution in [1.29, 1.82) is 0 Å². The summed E-state index contributed by atoms with van der Waals surface area (Å²) in [6.07, 6.45) is -3.40. The molecular weight excluding hydrogens is 287 g/mol. The molecule has 4 heteroatoms. The maximum atomic E-state index is 12.9. The molecule has 3 rings (SSSR count). The van der Waals surface area contributed by atoms with E-state index in [1.807, 2.05) is 12.1 Å². The fraction of sp³-hybridized carbons (Fsp3) is 0.333. The van der Waals surface area contributed by atoms with Crippen LogP contribution in [0.3, 0.4) is 0 Å². The van der Waals surface area contributed by atoms with E-state index < -0.39 is 11.7 Å². The number of benzene rings is 2. The zero-order valence-electron chi connectivity index (χ0n) is 12.4. The lowest BCUT2D eigenvalue weighted by atomic mass is 9.91. The number of nitrogens with one attached hydrogen (secondary N) is 1. The van der Waals surface area contributed by atoms with E-state index in [9.17, 15) is 13.2 Å². The van der Waals surface area contributed by atoms with E-state index >= 15 is 0 Å². The van der Waals surface area contributed by atoms with E-state index in [0.29, 0.717) is 11.5 Å². The second-order valence-electron chi connectivity index (χ2n) is 5.85. The molecule has 1 atom stereocenters. The maximum absolute atomic E-state index is 12.9. The lowest BCUT2D eigenvalue weighted by molar-refractivity contribution is -0.137. The molecule has 116 valence electrons. The second-order valence-corrected chi connectivity index (χ2v) is 5.85. The maximum Gasteiger partial charge on any atom is 0.416 e. The summed E-state index contributed by atoms with van der Waals surface area (Å²) in [6.45, 7) is 4.01. The topological polar surface area (TPSA) is 12.0 Å². The van der Waals surface area contributed by atoms with Crippen molar-refractivity contribution in [2.45, 2.75) is 25.4 Å². The Morgan fingerprint density at radius 2 is 1.82 bits per heavy atom. The number of alkyl halides is 3. The van der Waals surface area contributed by atoms with Gasteiger partial charge in [-0.1, -0.05) is 37.3 Å². The lowest BCUT2D eigenvalue weighted by Gasteiger charge is -2.14. The molecule has 0 saturated carbocycles. The van der Waals surface area contributed by atoms with Gasteiger partial charge in [-0.05, 0) is 53.3 Å². The summed E-state index contributed by atoms with van der Waals surface area (Å²) in [4.78, 5) is 0. The number of hydrogen-bond donors (Lipinski definition) is 1. The van der Waals surface area contributed by atoms with Crippen LogP contribution in [0.5, 0.6) is 0 Å². The van der Waals surface area contributed by atoms with Gasteiger partial charge in [0.05, 0.1) is 5.56 Å². The van der Waals surface area contributed by atoms with Gasteiger partial charge in [0, 0.05) is 6.54 Å². The van der Waals surface area contributed by atoms with E-state index in [1.165, 1.54) is 23.3 Å². The molecule has 0 amide bonds. The molecule has 0 aliphatic carbocycles. The number of fused-ring (bicyclic) bond motifs is 1. The summed E-state index contributed by atoms with van der Waals surface area (Å²) in [5, 5.41) is 3.38. The summed E-state index contributed by atoms with van der Waals surface area (Å²) in [5.41, 5.74) is 3.38. The minimum absolute atomic E-state index is 0.424. The van der Waals surface area contributed by atoms with Gasteiger partial charge in [-0.25, -0.2) is 0 Å². The standard InChI is InChI=1S/C18H18F3N/c1-12-11-22-8-7-15-9-14(5-6-17(12)15)13-3-2-4-16(10-13)18(19,20)21/h2-6,9-10,12,22H,7-8,11H2,1H3/t12-/m0/s1. The Morgan fingerprint density at radius 3 is 2.59 bits per heavy atom. The molecule has 1 aliphatic heterocycles. The highest BCUT2D eigenvalue weighted by atomic mass is 19.4. The highest BCUT2D eigenvalue weighted by Gasteiger charge is 2.30. The fourth-order valence-electron chi connectivity index (χ4n) is 3.01. The van der Waals surface area contributed by atoms with Gasteiger partial charge in [0.15, 0.2) is 0 Å². The van der Waals surface area contributed by atoms with Crippen LogP contribution in [0.25, 0.3) is 11.1 Å². The Hall–Kier alpha value is -1.81. The molecule has 2 aromatic carbocycles. The van der Waals surface area contributed by atoms with Crippen LogP contribution in [-0.2, 0) is 12.6 Å². The number of hydrogen-bond acceptors (Lipinski definition) is 1. The molecule has 0 unspecified atom stereocenters. The average molecular weight is 305 g/mol. The molecule has 0 aromatic heterocycles. The van der Waals surface area contributed by atoms with Gasteiger partial charge >= 0.3 is 6.18 Å². The van der Waals surface area contributed by atoms with Crippen molar-refractivity contribution in [2.75, 3.05) is 13.1 Å². The lowest BCUT2D eigenvalue weighted by Crippen LogP contribution is -2.18. The summed E-state index contributed by atoms with van der Waals surface area (Å²) in [5.74, 6) is 0.424. The average Bonchev–Trinajstić information content (AvgIpc) is 2.68. The Balaban J connectivity index is 2.01. The van der Waals surface area contributed by atoms with Crippen molar-refractivity contribution in [3.63, 3.8) is 0 Å². The predicted octanol–water partition coefficient (Wildman–Crippen LogP) is 4.62. The molecule has 0 spiro atoms. The van der Waals surface area contributed by atoms with Crippen molar-refractivity contribution in [1.82, 2.24) is 5.32 Å². The molecule has 22 heavy (non-hydrogen) atoms. The first-order chi connectivity index (χ1) is 10.4. The van der Waals surface area contributed by atoms with Crippen LogP contribution in [-0.4, -0.2) is 13.1 Å². The molecule has 2 aromatic rings. The summed E-state index contributed by atoms with van der Waals surface area (Å²) in [7, 11) is 0. The Kier molecular flexibility index (Phi) is 3.96. The summed E-state index contributed by atoms with van der Waals surface area (Å²) < 4.78 is 38.6. The quantitative estimate of drug-likeness (QED) is 0.810. The van der Waals surface area contributed by atoms with Crippen LogP contribution in [0.4, 0.5) is 13.2 Å². The van der Waals surface area contributed by atoms with E-state index in [-0.39, 0.29) is 0 Å². The highest BCUT2D eigenvalue weighted by Crippen LogP contribution is 2.33. The third-order valence-electron chi connectivity index (χ3n) is 4.22. The van der Waals surface area contributed by atoms with Crippen LogP contribution in [0, 0.1) is 0 Å². The first-order valence-electron chi connectivity index (χ1n) is 7.46. The van der Waals surface area contributed by atoms with Crippen molar-refractivity contribution in [2.24, 2.45) is 0 Å². The molecule has 1 heterocycles. The largest absolute Gasteiger partial charge is 0.416 e.